The van der Waals surface area contributed by atoms with Gasteiger partial charge in [-0.05, 0) is 44.8 Å². The maximum Gasteiger partial charge on any atom is 0.307 e. The number of Topliss-reactive ketones (excluding diaryl/α,β-unsaturated/α-hetero) is 1. The van der Waals surface area contributed by atoms with Crippen molar-refractivity contribution >= 4 is 29.0 Å². The number of hydrogen-bond acceptors (Lipinski definition) is 4. The predicted molar refractivity (Wildman–Crippen MR) is 139 cm³/mol. The van der Waals surface area contributed by atoms with Gasteiger partial charge in [0.15, 0.2) is 5.78 Å². The van der Waals surface area contributed by atoms with Crippen molar-refractivity contribution in [3.05, 3.63) is 106 Å². The monoisotopic (exact) mass is 483 g/mol. The summed E-state index contributed by atoms with van der Waals surface area (Å²) < 4.78 is 0. The number of carboxylic acid groups (broad SMARTS) is 1. The summed E-state index contributed by atoms with van der Waals surface area (Å²) in [5, 5.41) is 13.7. The van der Waals surface area contributed by atoms with Crippen LogP contribution in [0.1, 0.15) is 44.5 Å². The van der Waals surface area contributed by atoms with Gasteiger partial charge < -0.3 is 10.4 Å². The molecule has 0 fully saturated rings. The molecule has 0 bridgehead atoms. The summed E-state index contributed by atoms with van der Waals surface area (Å²) in [5.74, 6) is -0.875. The van der Waals surface area contributed by atoms with Gasteiger partial charge in [0, 0.05) is 18.5 Å². The molecule has 0 aliphatic heterocycles. The second kappa shape index (κ2) is 10.9. The quantitative estimate of drug-likeness (QED) is 0.276. The number of ketones is 1. The molecule has 1 amide bonds. The Labute approximate surface area is 208 Å². The van der Waals surface area contributed by atoms with E-state index in [-0.39, 0.29) is 18.1 Å². The van der Waals surface area contributed by atoms with Crippen LogP contribution in [0.4, 0.5) is 0 Å². The molecule has 0 unspecified atom stereocenters. The fourth-order valence-corrected chi connectivity index (χ4v) is 4.57. The zero-order chi connectivity index (χ0) is 24.8. The highest BCUT2D eigenvalue weighted by Crippen LogP contribution is 2.28. The van der Waals surface area contributed by atoms with E-state index in [0.29, 0.717) is 17.8 Å². The van der Waals surface area contributed by atoms with Gasteiger partial charge >= 0.3 is 5.97 Å². The van der Waals surface area contributed by atoms with Gasteiger partial charge in [0.05, 0.1) is 11.3 Å². The van der Waals surface area contributed by atoms with Crippen molar-refractivity contribution in [2.75, 3.05) is 0 Å². The van der Waals surface area contributed by atoms with Crippen molar-refractivity contribution in [2.45, 2.75) is 26.3 Å². The Morgan fingerprint density at radius 1 is 0.771 bits per heavy atom. The number of carboxylic acids is 1. The number of thiophene rings is 1. The van der Waals surface area contributed by atoms with Crippen LogP contribution in [-0.2, 0) is 17.8 Å². The Hall–Kier alpha value is -4.03. The minimum Gasteiger partial charge on any atom is -0.481 e. The third-order valence-electron chi connectivity index (χ3n) is 5.73. The van der Waals surface area contributed by atoms with Crippen molar-refractivity contribution in [1.29, 1.82) is 0 Å². The van der Waals surface area contributed by atoms with Crippen LogP contribution in [0.5, 0.6) is 0 Å². The van der Waals surface area contributed by atoms with E-state index in [1.165, 1.54) is 11.3 Å². The first kappa shape index (κ1) is 24.1. The Morgan fingerprint density at radius 2 is 1.31 bits per heavy atom. The first-order chi connectivity index (χ1) is 16.9. The van der Waals surface area contributed by atoms with Crippen molar-refractivity contribution in [2.24, 2.45) is 0 Å². The molecule has 0 atom stereocenters. The van der Waals surface area contributed by atoms with Crippen molar-refractivity contribution in [1.82, 2.24) is 5.32 Å². The summed E-state index contributed by atoms with van der Waals surface area (Å²) >= 11 is 1.39. The first-order valence-electron chi connectivity index (χ1n) is 11.3. The van der Waals surface area contributed by atoms with Crippen LogP contribution in [0.25, 0.3) is 22.3 Å². The second-order valence-electron chi connectivity index (χ2n) is 8.20. The molecule has 176 valence electrons. The molecule has 6 heteroatoms. The molecule has 4 rings (SSSR count). The van der Waals surface area contributed by atoms with E-state index in [4.69, 9.17) is 5.11 Å². The molecule has 0 saturated heterocycles. The lowest BCUT2D eigenvalue weighted by Gasteiger charge is -2.06. The number of hydrogen-bond donors (Lipinski definition) is 2. The van der Waals surface area contributed by atoms with E-state index >= 15 is 0 Å². The average molecular weight is 484 g/mol. The molecule has 2 N–H and O–H groups in total. The third kappa shape index (κ3) is 6.11. The molecule has 0 aliphatic carbocycles. The molecular weight excluding hydrogens is 458 g/mol. The minimum absolute atomic E-state index is 0.0160. The van der Waals surface area contributed by atoms with Gasteiger partial charge in [-0.3, -0.25) is 14.4 Å². The summed E-state index contributed by atoms with van der Waals surface area (Å²) in [4.78, 5) is 35.8. The van der Waals surface area contributed by atoms with Gasteiger partial charge in [-0.2, -0.15) is 0 Å². The van der Waals surface area contributed by atoms with Gasteiger partial charge in [0.1, 0.15) is 0 Å². The fourth-order valence-electron chi connectivity index (χ4n) is 3.73. The van der Waals surface area contributed by atoms with E-state index in [0.717, 1.165) is 38.9 Å². The topological polar surface area (TPSA) is 83.5 Å². The highest BCUT2D eigenvalue weighted by atomic mass is 32.1. The van der Waals surface area contributed by atoms with Gasteiger partial charge in [-0.25, -0.2) is 0 Å². The molecule has 0 radical (unpaired) electrons. The number of rotatable bonds is 9. The van der Waals surface area contributed by atoms with Crippen molar-refractivity contribution in [3.8, 4) is 22.3 Å². The SMILES string of the molecule is CCC(=O)c1ccc(-c2ccc(-c3csc(C(=O)NCc4ccc(CC(=O)O)cc4)c3)cc2)cc1. The lowest BCUT2D eigenvalue weighted by atomic mass is 9.99. The number of nitrogens with one attached hydrogen (secondary N) is 1. The van der Waals surface area contributed by atoms with E-state index in [1.54, 1.807) is 12.1 Å². The summed E-state index contributed by atoms with van der Waals surface area (Å²) in [5.41, 5.74) is 6.48. The zero-order valence-electron chi connectivity index (χ0n) is 19.3. The zero-order valence-corrected chi connectivity index (χ0v) is 20.1. The standard InChI is InChI=1S/C29H25NO4S/c1-2-26(31)24-13-11-22(12-14-24)21-7-9-23(10-8-21)25-16-27(35-18-25)29(34)30-17-20-5-3-19(4-6-20)15-28(32)33/h3-14,16,18H,2,15,17H2,1H3,(H,30,34)(H,32,33). The second-order valence-corrected chi connectivity index (χ2v) is 9.11. The number of aliphatic carboxylic acids is 1. The Morgan fingerprint density at radius 3 is 1.89 bits per heavy atom. The van der Waals surface area contributed by atoms with Crippen LogP contribution in [0.2, 0.25) is 0 Å². The fraction of sp³-hybridized carbons (Fsp3) is 0.138. The van der Waals surface area contributed by atoms with E-state index in [9.17, 15) is 14.4 Å². The van der Waals surface area contributed by atoms with Crippen molar-refractivity contribution < 1.29 is 19.5 Å². The Bertz CT molecular complexity index is 1340. The number of benzene rings is 3. The Kier molecular flexibility index (Phi) is 7.53. The van der Waals surface area contributed by atoms with Gasteiger partial charge in [-0.15, -0.1) is 11.3 Å². The predicted octanol–water partition coefficient (Wildman–Crippen LogP) is 6.23. The average Bonchev–Trinajstić information content (AvgIpc) is 3.38. The normalized spacial score (nSPS) is 10.7. The summed E-state index contributed by atoms with van der Waals surface area (Å²) in [6.45, 7) is 2.23. The molecule has 3 aromatic carbocycles. The molecule has 5 nitrogen and oxygen atoms in total. The molecule has 0 spiro atoms. The van der Waals surface area contributed by atoms with Gasteiger partial charge in [0.2, 0.25) is 0 Å². The lowest BCUT2D eigenvalue weighted by Crippen LogP contribution is -2.21. The summed E-state index contributed by atoms with van der Waals surface area (Å²) in [6, 6.07) is 24.9. The smallest absolute Gasteiger partial charge is 0.307 e. The Balaban J connectivity index is 1.37. The third-order valence-corrected chi connectivity index (χ3v) is 6.66. The number of amides is 1. The minimum atomic E-state index is -0.868. The molecule has 35 heavy (non-hydrogen) atoms. The highest BCUT2D eigenvalue weighted by Gasteiger charge is 2.11. The molecule has 1 aromatic heterocycles. The van der Waals surface area contributed by atoms with Gasteiger partial charge in [-0.1, -0.05) is 79.7 Å². The van der Waals surface area contributed by atoms with Crippen LogP contribution >= 0.6 is 11.3 Å². The summed E-state index contributed by atoms with van der Waals surface area (Å²) in [6.07, 6.45) is 0.480. The van der Waals surface area contributed by atoms with Crippen LogP contribution < -0.4 is 5.32 Å². The van der Waals surface area contributed by atoms with Crippen LogP contribution in [-0.4, -0.2) is 22.8 Å². The maximum atomic E-state index is 12.6. The number of carbonyl (C=O) groups excluding carboxylic acids is 2. The van der Waals surface area contributed by atoms with Crippen LogP contribution in [0, 0.1) is 0 Å². The molecule has 0 saturated carbocycles. The molecule has 4 aromatic rings. The highest BCUT2D eigenvalue weighted by molar-refractivity contribution is 7.12. The maximum absolute atomic E-state index is 12.6. The lowest BCUT2D eigenvalue weighted by molar-refractivity contribution is -0.136. The van der Waals surface area contributed by atoms with Crippen LogP contribution in [0.3, 0.4) is 0 Å². The molecular formula is C29H25NO4S. The van der Waals surface area contributed by atoms with Gasteiger partial charge in [0.25, 0.3) is 5.91 Å². The molecule has 0 aliphatic rings. The van der Waals surface area contributed by atoms with Crippen LogP contribution in [0.15, 0.2) is 84.2 Å². The van der Waals surface area contributed by atoms with E-state index in [2.05, 4.69) is 5.32 Å². The number of carbonyl (C=O) groups is 3. The first-order valence-corrected chi connectivity index (χ1v) is 12.2. The summed E-state index contributed by atoms with van der Waals surface area (Å²) in [7, 11) is 0. The van der Waals surface area contributed by atoms with E-state index < -0.39 is 5.97 Å². The van der Waals surface area contributed by atoms with Crippen molar-refractivity contribution in [3.63, 3.8) is 0 Å². The largest absolute Gasteiger partial charge is 0.481 e. The van der Waals surface area contributed by atoms with E-state index in [1.807, 2.05) is 79.0 Å². The molecule has 1 heterocycles.